The molecule has 0 saturated carbocycles. The fourth-order valence-electron chi connectivity index (χ4n) is 1.79. The fourth-order valence-corrected chi connectivity index (χ4v) is 2.86. The highest BCUT2D eigenvalue weighted by Gasteiger charge is 2.16. The number of rotatable bonds is 1. The van der Waals surface area contributed by atoms with Crippen LogP contribution in [0.3, 0.4) is 0 Å². The molecule has 84 valence electrons. The van der Waals surface area contributed by atoms with Crippen LogP contribution in [0.25, 0.3) is 5.78 Å². The number of nitrogens with zero attached hydrogens (tertiary/aromatic N) is 5. The van der Waals surface area contributed by atoms with Gasteiger partial charge in [0.1, 0.15) is 17.3 Å². The highest BCUT2D eigenvalue weighted by molar-refractivity contribution is 7.99. The number of aromatic nitrogens is 4. The summed E-state index contributed by atoms with van der Waals surface area (Å²) in [5, 5.41) is 4.64. The van der Waals surface area contributed by atoms with Gasteiger partial charge in [0.2, 0.25) is 0 Å². The predicted octanol–water partition coefficient (Wildman–Crippen LogP) is 1.33. The van der Waals surface area contributed by atoms with E-state index < -0.39 is 0 Å². The Hall–Kier alpha value is -1.01. The van der Waals surface area contributed by atoms with Gasteiger partial charge in [0.25, 0.3) is 5.78 Å². The van der Waals surface area contributed by atoms with Crippen LogP contribution in [-0.2, 0) is 0 Å². The van der Waals surface area contributed by atoms with Gasteiger partial charge in [0.15, 0.2) is 0 Å². The van der Waals surface area contributed by atoms with Crippen molar-refractivity contribution in [2.24, 2.45) is 0 Å². The van der Waals surface area contributed by atoms with Crippen LogP contribution in [0.5, 0.6) is 0 Å². The zero-order valence-electron chi connectivity index (χ0n) is 8.51. The lowest BCUT2D eigenvalue weighted by atomic mass is 10.4. The summed E-state index contributed by atoms with van der Waals surface area (Å²) in [7, 11) is 0. The fraction of sp³-hybridized carbons (Fsp3) is 0.444. The molecular weight excluding hydrogens is 246 g/mol. The molecule has 0 unspecified atom stereocenters. The summed E-state index contributed by atoms with van der Waals surface area (Å²) in [6.07, 6.45) is 1.50. The number of anilines is 1. The van der Waals surface area contributed by atoms with Gasteiger partial charge in [-0.2, -0.15) is 31.3 Å². The van der Waals surface area contributed by atoms with E-state index in [2.05, 4.69) is 20.0 Å². The van der Waals surface area contributed by atoms with Gasteiger partial charge in [-0.25, -0.2) is 0 Å². The van der Waals surface area contributed by atoms with Crippen molar-refractivity contribution in [1.29, 1.82) is 0 Å². The van der Waals surface area contributed by atoms with E-state index in [0.29, 0.717) is 10.9 Å². The molecule has 0 bridgehead atoms. The summed E-state index contributed by atoms with van der Waals surface area (Å²) in [6.45, 7) is 2.03. The van der Waals surface area contributed by atoms with Crippen LogP contribution in [0.1, 0.15) is 0 Å². The van der Waals surface area contributed by atoms with Gasteiger partial charge in [-0.15, -0.1) is 0 Å². The number of thioether (sulfide) groups is 1. The van der Waals surface area contributed by atoms with Crippen LogP contribution in [-0.4, -0.2) is 44.2 Å². The molecule has 0 amide bonds. The van der Waals surface area contributed by atoms with Crippen LogP contribution < -0.4 is 4.90 Å². The minimum absolute atomic E-state index is 0.466. The first kappa shape index (κ1) is 10.2. The summed E-state index contributed by atoms with van der Waals surface area (Å²) >= 11 is 7.95. The van der Waals surface area contributed by atoms with E-state index in [1.807, 2.05) is 17.8 Å². The Morgan fingerprint density at radius 3 is 2.94 bits per heavy atom. The number of fused-ring (bicyclic) bond motifs is 1. The first-order valence-electron chi connectivity index (χ1n) is 5.03. The Bertz CT molecular complexity index is 508. The zero-order chi connectivity index (χ0) is 11.0. The monoisotopic (exact) mass is 255 g/mol. The van der Waals surface area contributed by atoms with Crippen LogP contribution in [0.4, 0.5) is 5.82 Å². The Morgan fingerprint density at radius 2 is 2.12 bits per heavy atom. The SMILES string of the molecule is Clc1cc(N2CCSCC2)n2ncnc2n1. The van der Waals surface area contributed by atoms with Gasteiger partial charge in [0, 0.05) is 30.7 Å². The normalized spacial score (nSPS) is 16.9. The third-order valence-corrected chi connectivity index (χ3v) is 3.67. The van der Waals surface area contributed by atoms with Crippen molar-refractivity contribution >= 4 is 35.0 Å². The molecular formula is C9H10ClN5S. The third-order valence-electron chi connectivity index (χ3n) is 2.54. The second-order valence-corrected chi connectivity index (χ2v) is 5.12. The van der Waals surface area contributed by atoms with E-state index in [1.54, 1.807) is 4.52 Å². The average molecular weight is 256 g/mol. The Labute approximate surface area is 102 Å². The second-order valence-electron chi connectivity index (χ2n) is 3.51. The third kappa shape index (κ3) is 1.72. The second kappa shape index (κ2) is 4.10. The molecule has 5 nitrogen and oxygen atoms in total. The van der Waals surface area contributed by atoms with Crippen molar-refractivity contribution in [3.63, 3.8) is 0 Å². The average Bonchev–Trinajstić information content (AvgIpc) is 2.77. The summed E-state index contributed by atoms with van der Waals surface area (Å²) in [5.41, 5.74) is 0. The largest absolute Gasteiger partial charge is 0.355 e. The van der Waals surface area contributed by atoms with E-state index >= 15 is 0 Å². The molecule has 0 radical (unpaired) electrons. The van der Waals surface area contributed by atoms with Gasteiger partial charge in [-0.1, -0.05) is 11.6 Å². The maximum absolute atomic E-state index is 5.98. The number of hydrogen-bond donors (Lipinski definition) is 0. The standard InChI is InChI=1S/C9H10ClN5S/c10-7-5-8(14-1-3-16-4-2-14)15-9(13-7)11-6-12-15/h5-6H,1-4H2. The number of hydrogen-bond acceptors (Lipinski definition) is 5. The van der Waals surface area contributed by atoms with E-state index in [0.717, 1.165) is 30.4 Å². The molecule has 0 aromatic carbocycles. The van der Waals surface area contributed by atoms with Crippen molar-refractivity contribution in [3.05, 3.63) is 17.5 Å². The molecule has 1 aliphatic heterocycles. The summed E-state index contributed by atoms with van der Waals surface area (Å²) < 4.78 is 1.74. The molecule has 2 aromatic rings. The highest BCUT2D eigenvalue weighted by Crippen LogP contribution is 2.21. The van der Waals surface area contributed by atoms with Gasteiger partial charge in [0.05, 0.1) is 0 Å². The maximum Gasteiger partial charge on any atom is 0.255 e. The van der Waals surface area contributed by atoms with Gasteiger partial charge in [-0.3, -0.25) is 0 Å². The van der Waals surface area contributed by atoms with E-state index in [1.165, 1.54) is 6.33 Å². The molecule has 0 aliphatic carbocycles. The van der Waals surface area contributed by atoms with Crippen LogP contribution >= 0.6 is 23.4 Å². The maximum atomic E-state index is 5.98. The van der Waals surface area contributed by atoms with E-state index in [4.69, 9.17) is 11.6 Å². The van der Waals surface area contributed by atoms with Gasteiger partial charge < -0.3 is 4.90 Å². The summed E-state index contributed by atoms with van der Waals surface area (Å²) in [6, 6.07) is 1.85. The Kier molecular flexibility index (Phi) is 2.61. The van der Waals surface area contributed by atoms with Crippen molar-refractivity contribution in [2.45, 2.75) is 0 Å². The van der Waals surface area contributed by atoms with Crippen molar-refractivity contribution < 1.29 is 0 Å². The minimum Gasteiger partial charge on any atom is -0.355 e. The molecule has 3 heterocycles. The summed E-state index contributed by atoms with van der Waals surface area (Å²) in [4.78, 5) is 10.4. The lowest BCUT2D eigenvalue weighted by molar-refractivity contribution is 0.795. The molecule has 16 heavy (non-hydrogen) atoms. The van der Waals surface area contributed by atoms with E-state index in [9.17, 15) is 0 Å². The molecule has 2 aromatic heterocycles. The quantitative estimate of drug-likeness (QED) is 0.720. The highest BCUT2D eigenvalue weighted by atomic mass is 35.5. The Balaban J connectivity index is 2.09. The minimum atomic E-state index is 0.466. The van der Waals surface area contributed by atoms with Crippen molar-refractivity contribution in [1.82, 2.24) is 19.6 Å². The van der Waals surface area contributed by atoms with Gasteiger partial charge >= 0.3 is 0 Å². The predicted molar refractivity (Wildman–Crippen MR) is 65.3 cm³/mol. The van der Waals surface area contributed by atoms with Crippen LogP contribution in [0.2, 0.25) is 5.15 Å². The van der Waals surface area contributed by atoms with E-state index in [-0.39, 0.29) is 0 Å². The molecule has 7 heteroatoms. The first-order chi connectivity index (χ1) is 7.84. The van der Waals surface area contributed by atoms with Crippen molar-refractivity contribution in [2.75, 3.05) is 29.5 Å². The Morgan fingerprint density at radius 1 is 1.31 bits per heavy atom. The molecule has 1 fully saturated rings. The first-order valence-corrected chi connectivity index (χ1v) is 6.57. The smallest absolute Gasteiger partial charge is 0.255 e. The number of halogens is 1. The van der Waals surface area contributed by atoms with Crippen LogP contribution in [0.15, 0.2) is 12.4 Å². The summed E-state index contributed by atoms with van der Waals surface area (Å²) in [5.74, 6) is 3.81. The zero-order valence-corrected chi connectivity index (χ0v) is 10.1. The topological polar surface area (TPSA) is 46.3 Å². The molecule has 0 N–H and O–H groups in total. The molecule has 0 spiro atoms. The van der Waals surface area contributed by atoms with Gasteiger partial charge in [-0.05, 0) is 0 Å². The molecule has 3 rings (SSSR count). The lowest BCUT2D eigenvalue weighted by Gasteiger charge is -2.28. The molecule has 1 aliphatic rings. The van der Waals surface area contributed by atoms with Crippen LogP contribution in [0, 0.1) is 0 Å². The lowest BCUT2D eigenvalue weighted by Crippen LogP contribution is -2.34. The molecule has 1 saturated heterocycles. The molecule has 0 atom stereocenters. The van der Waals surface area contributed by atoms with Crippen molar-refractivity contribution in [3.8, 4) is 0 Å².